The zero-order chi connectivity index (χ0) is 14.5. The van der Waals surface area contributed by atoms with Crippen molar-refractivity contribution in [2.24, 2.45) is 0 Å². The van der Waals surface area contributed by atoms with Crippen molar-refractivity contribution in [3.05, 3.63) is 58.4 Å². The van der Waals surface area contributed by atoms with Crippen molar-refractivity contribution < 1.29 is 0 Å². The van der Waals surface area contributed by atoms with Gasteiger partial charge in [-0.1, -0.05) is 23.7 Å². The highest BCUT2D eigenvalue weighted by Crippen LogP contribution is 2.29. The van der Waals surface area contributed by atoms with Crippen molar-refractivity contribution >= 4 is 28.9 Å². The van der Waals surface area contributed by atoms with Gasteiger partial charge in [0.15, 0.2) is 0 Å². The van der Waals surface area contributed by atoms with Gasteiger partial charge in [0, 0.05) is 28.5 Å². The molecule has 0 bridgehead atoms. The molecule has 2 nitrogen and oxygen atoms in total. The zero-order valence-corrected chi connectivity index (χ0v) is 13.2. The number of hydrogen-bond donors (Lipinski definition) is 0. The second-order valence-corrected chi connectivity index (χ2v) is 5.33. The van der Waals surface area contributed by atoms with Gasteiger partial charge in [-0.05, 0) is 38.1 Å². The highest BCUT2D eigenvalue weighted by atomic mass is 35.5. The summed E-state index contributed by atoms with van der Waals surface area (Å²) in [4.78, 5) is 6.80. The molecule has 0 saturated heterocycles. The molecule has 1 aromatic carbocycles. The molecule has 0 aliphatic carbocycles. The van der Waals surface area contributed by atoms with E-state index in [0.29, 0.717) is 10.9 Å². The molecule has 0 aliphatic heterocycles. The van der Waals surface area contributed by atoms with Crippen LogP contribution in [0.5, 0.6) is 0 Å². The summed E-state index contributed by atoms with van der Waals surface area (Å²) in [7, 11) is 0. The van der Waals surface area contributed by atoms with Gasteiger partial charge in [-0.15, -0.1) is 11.6 Å². The number of pyridine rings is 1. The maximum Gasteiger partial charge on any atom is 0.0602 e. The van der Waals surface area contributed by atoms with Crippen LogP contribution in [0.4, 0.5) is 5.69 Å². The molecule has 2 rings (SSSR count). The van der Waals surface area contributed by atoms with E-state index in [1.54, 1.807) is 0 Å². The highest BCUT2D eigenvalue weighted by molar-refractivity contribution is 6.32. The van der Waals surface area contributed by atoms with Gasteiger partial charge >= 0.3 is 0 Å². The van der Waals surface area contributed by atoms with Gasteiger partial charge in [0.2, 0.25) is 0 Å². The lowest BCUT2D eigenvalue weighted by molar-refractivity contribution is 0.802. The minimum atomic E-state index is 0.409. The number of rotatable bonds is 5. The van der Waals surface area contributed by atoms with Crippen molar-refractivity contribution in [1.82, 2.24) is 4.98 Å². The summed E-state index contributed by atoms with van der Waals surface area (Å²) in [6, 6.07) is 12.0. The summed E-state index contributed by atoms with van der Waals surface area (Å²) < 4.78 is 0. The Bertz CT molecular complexity index is 584. The SMILES string of the molecule is CCN(Cc1cccc(C)n1)c1cccc(Cl)c1CCl. The molecular formula is C16H18Cl2N2. The van der Waals surface area contributed by atoms with Crippen LogP contribution in [0, 0.1) is 6.92 Å². The van der Waals surface area contributed by atoms with E-state index in [9.17, 15) is 0 Å². The zero-order valence-electron chi connectivity index (χ0n) is 11.7. The van der Waals surface area contributed by atoms with Crippen LogP contribution >= 0.6 is 23.2 Å². The Labute approximate surface area is 130 Å². The molecule has 0 amide bonds. The predicted octanol–water partition coefficient (Wildman–Crippen LogP) is 4.81. The number of halogens is 2. The predicted molar refractivity (Wildman–Crippen MR) is 86.7 cm³/mol. The highest BCUT2D eigenvalue weighted by Gasteiger charge is 2.13. The quantitative estimate of drug-likeness (QED) is 0.737. The normalized spacial score (nSPS) is 10.6. The number of nitrogens with zero attached hydrogens (tertiary/aromatic N) is 2. The summed E-state index contributed by atoms with van der Waals surface area (Å²) in [5.41, 5.74) is 4.14. The number of anilines is 1. The van der Waals surface area contributed by atoms with Crippen LogP contribution in [0.25, 0.3) is 0 Å². The van der Waals surface area contributed by atoms with Crippen LogP contribution in [0.3, 0.4) is 0 Å². The maximum absolute atomic E-state index is 6.23. The van der Waals surface area contributed by atoms with Gasteiger partial charge in [-0.2, -0.15) is 0 Å². The Hall–Kier alpha value is -1.25. The van der Waals surface area contributed by atoms with Gasteiger partial charge in [0.05, 0.1) is 18.1 Å². The van der Waals surface area contributed by atoms with Gasteiger partial charge < -0.3 is 4.90 Å². The summed E-state index contributed by atoms with van der Waals surface area (Å²) in [5.74, 6) is 0.409. The average molecular weight is 309 g/mol. The number of benzene rings is 1. The molecule has 4 heteroatoms. The topological polar surface area (TPSA) is 16.1 Å². The second-order valence-electron chi connectivity index (χ2n) is 4.66. The van der Waals surface area contributed by atoms with Crippen LogP contribution in [0.2, 0.25) is 5.02 Å². The molecule has 2 aromatic rings. The molecule has 106 valence electrons. The molecule has 0 saturated carbocycles. The largest absolute Gasteiger partial charge is 0.366 e. The fourth-order valence-electron chi connectivity index (χ4n) is 2.23. The fourth-order valence-corrected chi connectivity index (χ4v) is 2.81. The van der Waals surface area contributed by atoms with E-state index in [4.69, 9.17) is 23.2 Å². The van der Waals surface area contributed by atoms with Gasteiger partial charge in [-0.25, -0.2) is 0 Å². The van der Waals surface area contributed by atoms with Gasteiger partial charge in [0.1, 0.15) is 0 Å². The molecule has 0 N–H and O–H groups in total. The van der Waals surface area contributed by atoms with Crippen LogP contribution in [-0.2, 0) is 12.4 Å². The molecule has 0 fully saturated rings. The standard InChI is InChI=1S/C16H18Cl2N2/c1-3-20(11-13-7-4-6-12(2)19-13)16-9-5-8-15(18)14(16)10-17/h4-9H,3,10-11H2,1-2H3. The van der Waals surface area contributed by atoms with E-state index >= 15 is 0 Å². The summed E-state index contributed by atoms with van der Waals surface area (Å²) in [6.07, 6.45) is 0. The number of alkyl halides is 1. The van der Waals surface area contributed by atoms with E-state index in [2.05, 4.69) is 22.9 Å². The minimum Gasteiger partial charge on any atom is -0.366 e. The van der Waals surface area contributed by atoms with E-state index in [-0.39, 0.29) is 0 Å². The summed E-state index contributed by atoms with van der Waals surface area (Å²) in [6.45, 7) is 5.75. The van der Waals surface area contributed by atoms with Crippen molar-refractivity contribution in [2.75, 3.05) is 11.4 Å². The lowest BCUT2D eigenvalue weighted by atomic mass is 10.1. The molecule has 0 unspecified atom stereocenters. The first-order chi connectivity index (χ1) is 9.65. The Balaban J connectivity index is 2.31. The lowest BCUT2D eigenvalue weighted by Gasteiger charge is -2.25. The average Bonchev–Trinajstić information content (AvgIpc) is 2.44. The van der Waals surface area contributed by atoms with Crippen LogP contribution < -0.4 is 4.90 Å². The molecule has 1 aromatic heterocycles. The van der Waals surface area contributed by atoms with Crippen molar-refractivity contribution in [1.29, 1.82) is 0 Å². The number of aryl methyl sites for hydroxylation is 1. The van der Waals surface area contributed by atoms with Crippen molar-refractivity contribution in [3.8, 4) is 0 Å². The first kappa shape index (κ1) is 15.1. The Morgan fingerprint density at radius 1 is 1.15 bits per heavy atom. The smallest absolute Gasteiger partial charge is 0.0602 e. The van der Waals surface area contributed by atoms with Crippen molar-refractivity contribution in [2.45, 2.75) is 26.3 Å². The van der Waals surface area contributed by atoms with E-state index < -0.39 is 0 Å². The van der Waals surface area contributed by atoms with E-state index in [1.165, 1.54) is 0 Å². The van der Waals surface area contributed by atoms with E-state index in [0.717, 1.165) is 35.7 Å². The first-order valence-electron chi connectivity index (χ1n) is 6.66. The van der Waals surface area contributed by atoms with Crippen LogP contribution in [0.15, 0.2) is 36.4 Å². The summed E-state index contributed by atoms with van der Waals surface area (Å²) in [5, 5.41) is 0.716. The van der Waals surface area contributed by atoms with Gasteiger partial charge in [-0.3, -0.25) is 4.98 Å². The molecule has 0 aliphatic rings. The second kappa shape index (κ2) is 6.96. The third-order valence-electron chi connectivity index (χ3n) is 3.25. The Morgan fingerprint density at radius 3 is 2.55 bits per heavy atom. The van der Waals surface area contributed by atoms with Crippen molar-refractivity contribution in [3.63, 3.8) is 0 Å². The van der Waals surface area contributed by atoms with Crippen LogP contribution in [-0.4, -0.2) is 11.5 Å². The lowest BCUT2D eigenvalue weighted by Crippen LogP contribution is -2.24. The molecule has 0 radical (unpaired) electrons. The third kappa shape index (κ3) is 3.44. The number of hydrogen-bond acceptors (Lipinski definition) is 2. The maximum atomic E-state index is 6.23. The minimum absolute atomic E-state index is 0.409. The van der Waals surface area contributed by atoms with E-state index in [1.807, 2.05) is 37.3 Å². The Kier molecular flexibility index (Phi) is 5.27. The first-order valence-corrected chi connectivity index (χ1v) is 7.57. The third-order valence-corrected chi connectivity index (χ3v) is 3.87. The summed E-state index contributed by atoms with van der Waals surface area (Å²) >= 11 is 12.3. The van der Waals surface area contributed by atoms with Crippen LogP contribution in [0.1, 0.15) is 23.9 Å². The van der Waals surface area contributed by atoms with Gasteiger partial charge in [0.25, 0.3) is 0 Å². The fraction of sp³-hybridized carbons (Fsp3) is 0.312. The molecule has 0 spiro atoms. The molecule has 1 heterocycles. The molecule has 20 heavy (non-hydrogen) atoms. The molecular weight excluding hydrogens is 291 g/mol. The monoisotopic (exact) mass is 308 g/mol. The molecule has 0 atom stereocenters. The number of aromatic nitrogens is 1. The Morgan fingerprint density at radius 2 is 1.90 bits per heavy atom.